The number of rotatable bonds is 3. The van der Waals surface area contributed by atoms with Crippen LogP contribution >= 0.6 is 11.8 Å². The van der Waals surface area contributed by atoms with Crippen LogP contribution in [0.1, 0.15) is 6.42 Å². The Morgan fingerprint density at radius 3 is 2.62 bits per heavy atom. The summed E-state index contributed by atoms with van der Waals surface area (Å²) in [5.41, 5.74) is 2.71. The summed E-state index contributed by atoms with van der Waals surface area (Å²) in [5.74, 6) is -0.321. The first-order chi connectivity index (χ1) is 11.7. The van der Waals surface area contributed by atoms with E-state index >= 15 is 0 Å². The molecule has 0 fully saturated rings. The van der Waals surface area contributed by atoms with Crippen LogP contribution in [-0.2, 0) is 13.1 Å². The second-order valence-corrected chi connectivity index (χ2v) is 6.34. The lowest BCUT2D eigenvalue weighted by Gasteiger charge is -2.08. The van der Waals surface area contributed by atoms with Crippen LogP contribution in [0.2, 0.25) is 0 Å². The summed E-state index contributed by atoms with van der Waals surface area (Å²) in [7, 11) is 0. The van der Waals surface area contributed by atoms with Crippen molar-refractivity contribution < 1.29 is 4.39 Å². The summed E-state index contributed by atoms with van der Waals surface area (Å²) in [4.78, 5) is 21.7. The van der Waals surface area contributed by atoms with Crippen LogP contribution in [0.25, 0.3) is 22.5 Å². The number of halogens is 1. The number of thioether (sulfide) groups is 1. The van der Waals surface area contributed by atoms with Crippen LogP contribution in [0.4, 0.5) is 4.39 Å². The Hall–Kier alpha value is -2.41. The molecule has 0 saturated heterocycles. The molecule has 0 aliphatic carbocycles. The van der Waals surface area contributed by atoms with Gasteiger partial charge in [-0.3, -0.25) is 9.48 Å². The standard InChI is InChI=1S/C17H15FN4OS/c1-24-17-19-8-7-13(20-17)15-14(11-3-5-12(18)6-4-11)16(23)22-10-2-9-21(15)22/h3-8H,2,9-10H2,1H3. The maximum Gasteiger partial charge on any atom is 0.275 e. The van der Waals surface area contributed by atoms with Gasteiger partial charge in [0.2, 0.25) is 0 Å². The lowest BCUT2D eigenvalue weighted by Crippen LogP contribution is -2.17. The van der Waals surface area contributed by atoms with Gasteiger partial charge in [0.15, 0.2) is 5.16 Å². The molecule has 0 amide bonds. The highest BCUT2D eigenvalue weighted by Gasteiger charge is 2.26. The van der Waals surface area contributed by atoms with E-state index in [0.29, 0.717) is 28.5 Å². The van der Waals surface area contributed by atoms with Gasteiger partial charge in [-0.25, -0.2) is 19.0 Å². The van der Waals surface area contributed by atoms with Gasteiger partial charge in [-0.15, -0.1) is 0 Å². The third-order valence-corrected chi connectivity index (χ3v) is 4.73. The van der Waals surface area contributed by atoms with Crippen molar-refractivity contribution in [3.05, 3.63) is 52.7 Å². The second-order valence-electron chi connectivity index (χ2n) is 5.56. The van der Waals surface area contributed by atoms with E-state index in [9.17, 15) is 9.18 Å². The molecular weight excluding hydrogens is 327 g/mol. The van der Waals surface area contributed by atoms with Crippen molar-refractivity contribution in [1.82, 2.24) is 19.3 Å². The Kier molecular flexibility index (Phi) is 3.72. The predicted molar refractivity (Wildman–Crippen MR) is 91.5 cm³/mol. The molecule has 7 heteroatoms. The van der Waals surface area contributed by atoms with Gasteiger partial charge in [0.25, 0.3) is 5.56 Å². The van der Waals surface area contributed by atoms with Gasteiger partial charge in [0.05, 0.1) is 17.0 Å². The quantitative estimate of drug-likeness (QED) is 0.542. The molecule has 3 aromatic rings. The van der Waals surface area contributed by atoms with Crippen molar-refractivity contribution in [2.45, 2.75) is 24.7 Å². The number of benzene rings is 1. The normalized spacial score (nSPS) is 13.2. The molecule has 4 rings (SSSR count). The van der Waals surface area contributed by atoms with Crippen molar-refractivity contribution in [2.75, 3.05) is 6.26 Å². The molecule has 0 unspecified atom stereocenters. The molecule has 0 spiro atoms. The van der Waals surface area contributed by atoms with Gasteiger partial charge in [-0.1, -0.05) is 23.9 Å². The number of hydrogen-bond acceptors (Lipinski definition) is 4. The van der Waals surface area contributed by atoms with Crippen LogP contribution in [0.5, 0.6) is 0 Å². The van der Waals surface area contributed by atoms with E-state index in [0.717, 1.165) is 18.7 Å². The fourth-order valence-electron chi connectivity index (χ4n) is 3.12. The molecule has 0 saturated carbocycles. The summed E-state index contributed by atoms with van der Waals surface area (Å²) in [5, 5.41) is 0.656. The van der Waals surface area contributed by atoms with Gasteiger partial charge in [-0.2, -0.15) is 0 Å². The summed E-state index contributed by atoms with van der Waals surface area (Å²) in [6, 6.07) is 7.84. The Morgan fingerprint density at radius 1 is 1.12 bits per heavy atom. The molecule has 1 aliphatic heterocycles. The number of fused-ring (bicyclic) bond motifs is 1. The molecule has 0 bridgehead atoms. The maximum absolute atomic E-state index is 13.3. The smallest absolute Gasteiger partial charge is 0.275 e. The molecular formula is C17H15FN4OS. The van der Waals surface area contributed by atoms with Crippen LogP contribution < -0.4 is 5.56 Å². The molecule has 2 aromatic heterocycles. The molecule has 0 radical (unpaired) electrons. The highest BCUT2D eigenvalue weighted by Crippen LogP contribution is 2.31. The molecule has 1 aromatic carbocycles. The van der Waals surface area contributed by atoms with E-state index in [1.54, 1.807) is 23.0 Å². The fourth-order valence-corrected chi connectivity index (χ4v) is 3.48. The largest absolute Gasteiger partial charge is 0.280 e. The van der Waals surface area contributed by atoms with Gasteiger partial charge in [-0.05, 0) is 36.4 Å². The summed E-state index contributed by atoms with van der Waals surface area (Å²) >= 11 is 1.46. The predicted octanol–water partition coefficient (Wildman–Crippen LogP) is 3.04. The van der Waals surface area contributed by atoms with E-state index in [1.165, 1.54) is 23.9 Å². The molecule has 122 valence electrons. The second kappa shape index (κ2) is 5.90. The van der Waals surface area contributed by atoms with E-state index in [-0.39, 0.29) is 11.4 Å². The molecule has 1 aliphatic rings. The number of aromatic nitrogens is 4. The van der Waals surface area contributed by atoms with E-state index < -0.39 is 0 Å². The lowest BCUT2D eigenvalue weighted by atomic mass is 10.0. The third-order valence-electron chi connectivity index (χ3n) is 4.17. The summed E-state index contributed by atoms with van der Waals surface area (Å²) in [6.45, 7) is 1.46. The molecule has 0 atom stereocenters. The molecule has 5 nitrogen and oxygen atoms in total. The zero-order valence-corrected chi connectivity index (χ0v) is 13.9. The molecule has 24 heavy (non-hydrogen) atoms. The van der Waals surface area contributed by atoms with Crippen LogP contribution in [0.15, 0.2) is 46.5 Å². The van der Waals surface area contributed by atoms with Crippen molar-refractivity contribution in [3.63, 3.8) is 0 Å². The van der Waals surface area contributed by atoms with Crippen molar-refractivity contribution in [2.24, 2.45) is 0 Å². The van der Waals surface area contributed by atoms with Gasteiger partial charge in [0, 0.05) is 19.3 Å². The highest BCUT2D eigenvalue weighted by atomic mass is 32.2. The Morgan fingerprint density at radius 2 is 1.88 bits per heavy atom. The van der Waals surface area contributed by atoms with Crippen LogP contribution in [0.3, 0.4) is 0 Å². The summed E-state index contributed by atoms with van der Waals surface area (Å²) in [6.07, 6.45) is 4.54. The minimum absolute atomic E-state index is 0.0570. The first-order valence-electron chi connectivity index (χ1n) is 7.66. The van der Waals surface area contributed by atoms with Crippen molar-refractivity contribution in [3.8, 4) is 22.5 Å². The lowest BCUT2D eigenvalue weighted by molar-refractivity contribution is 0.598. The van der Waals surface area contributed by atoms with E-state index in [2.05, 4.69) is 9.97 Å². The van der Waals surface area contributed by atoms with Gasteiger partial charge >= 0.3 is 0 Å². The third kappa shape index (κ3) is 2.36. The topological polar surface area (TPSA) is 52.7 Å². The summed E-state index contributed by atoms with van der Waals surface area (Å²) < 4.78 is 17.0. The zero-order chi connectivity index (χ0) is 16.7. The monoisotopic (exact) mass is 342 g/mol. The highest BCUT2D eigenvalue weighted by molar-refractivity contribution is 7.98. The Labute approximate surface area is 142 Å². The fraction of sp³-hybridized carbons (Fsp3) is 0.235. The van der Waals surface area contributed by atoms with Crippen molar-refractivity contribution >= 4 is 11.8 Å². The number of hydrogen-bond donors (Lipinski definition) is 0. The van der Waals surface area contributed by atoms with Gasteiger partial charge in [0.1, 0.15) is 5.82 Å². The number of nitrogens with zero attached hydrogens (tertiary/aromatic N) is 4. The first kappa shape index (κ1) is 15.1. The molecule has 0 N–H and O–H groups in total. The minimum atomic E-state index is -0.321. The van der Waals surface area contributed by atoms with E-state index in [1.807, 2.05) is 17.0 Å². The van der Waals surface area contributed by atoms with Crippen LogP contribution in [0, 0.1) is 5.82 Å². The van der Waals surface area contributed by atoms with Crippen molar-refractivity contribution in [1.29, 1.82) is 0 Å². The minimum Gasteiger partial charge on any atom is -0.280 e. The van der Waals surface area contributed by atoms with Gasteiger partial charge < -0.3 is 0 Å². The van der Waals surface area contributed by atoms with E-state index in [4.69, 9.17) is 0 Å². The Balaban J connectivity index is 2.00. The molecule has 3 heterocycles. The average molecular weight is 342 g/mol. The Bertz CT molecular complexity index is 962. The first-order valence-corrected chi connectivity index (χ1v) is 8.88. The maximum atomic E-state index is 13.3. The average Bonchev–Trinajstić information content (AvgIpc) is 3.18. The zero-order valence-electron chi connectivity index (χ0n) is 13.1. The SMILES string of the molecule is CSc1nccc(-c2c(-c3ccc(F)cc3)c(=O)n3n2CCC3)n1. The van der Waals surface area contributed by atoms with Crippen LogP contribution in [-0.4, -0.2) is 25.6 Å².